The van der Waals surface area contributed by atoms with Crippen molar-refractivity contribution in [3.63, 3.8) is 0 Å². The monoisotopic (exact) mass is 409 g/mol. The standard InChI is InChI=1S/C7H16.C6H12.C5H12.C3H7F.3C2H6/c1-4-5-6-7(2)3;1-5-3-6(2)4-5;1-4-5(2)3;1-2-3-4;3*1-2/h7H,4-6H2,1-3H3;5-6H,3-4H2,1-2H3;5H,4H2,1-3H3;2-3H2,1H3;3*1-2H3. The first kappa shape index (κ1) is 42.1. The molecule has 1 fully saturated rings. The van der Waals surface area contributed by atoms with Crippen molar-refractivity contribution in [1.82, 2.24) is 0 Å². The van der Waals surface area contributed by atoms with Crippen molar-refractivity contribution >= 4 is 0 Å². The van der Waals surface area contributed by atoms with E-state index in [4.69, 9.17) is 0 Å². The van der Waals surface area contributed by atoms with Gasteiger partial charge < -0.3 is 0 Å². The molecule has 0 saturated heterocycles. The van der Waals surface area contributed by atoms with E-state index in [0.29, 0.717) is 6.42 Å². The van der Waals surface area contributed by atoms with Crippen LogP contribution >= 0.6 is 0 Å². The average molecular weight is 409 g/mol. The van der Waals surface area contributed by atoms with Gasteiger partial charge in [0, 0.05) is 0 Å². The fourth-order valence-corrected chi connectivity index (χ4v) is 1.92. The average Bonchev–Trinajstić information content (AvgIpc) is 2.71. The highest BCUT2D eigenvalue weighted by Gasteiger charge is 2.19. The van der Waals surface area contributed by atoms with Crippen LogP contribution in [0.1, 0.15) is 149 Å². The molecule has 180 valence electrons. The van der Waals surface area contributed by atoms with Crippen molar-refractivity contribution in [3.8, 4) is 0 Å². The van der Waals surface area contributed by atoms with Crippen LogP contribution in [-0.4, -0.2) is 6.67 Å². The molecule has 0 aromatic rings. The van der Waals surface area contributed by atoms with E-state index in [9.17, 15) is 4.39 Å². The highest BCUT2D eigenvalue weighted by Crippen LogP contribution is 2.31. The minimum atomic E-state index is -0.181. The van der Waals surface area contributed by atoms with E-state index >= 15 is 0 Å². The SMILES string of the molecule is CC.CC.CC.CC1CC(C)C1.CCC(C)C.CCCCC(C)C.CCCF. The summed E-state index contributed by atoms with van der Waals surface area (Å²) >= 11 is 0. The first-order chi connectivity index (χ1) is 13.2. The van der Waals surface area contributed by atoms with Gasteiger partial charge in [0.15, 0.2) is 0 Å². The van der Waals surface area contributed by atoms with Gasteiger partial charge in [0.2, 0.25) is 0 Å². The molecule has 1 rings (SSSR count). The van der Waals surface area contributed by atoms with Crippen LogP contribution < -0.4 is 0 Å². The molecule has 0 N–H and O–H groups in total. The Hall–Kier alpha value is -0.0700. The summed E-state index contributed by atoms with van der Waals surface area (Å²) in [5.41, 5.74) is 0. The summed E-state index contributed by atoms with van der Waals surface area (Å²) in [6.45, 7) is 31.7. The van der Waals surface area contributed by atoms with E-state index in [1.807, 2.05) is 41.5 Å². The van der Waals surface area contributed by atoms with Gasteiger partial charge in [-0.05, 0) is 42.9 Å². The third-order valence-corrected chi connectivity index (χ3v) is 3.75. The van der Waals surface area contributed by atoms with Crippen molar-refractivity contribution in [1.29, 1.82) is 0 Å². The lowest BCUT2D eigenvalue weighted by molar-refractivity contribution is 0.233. The molecule has 1 heteroatoms. The van der Waals surface area contributed by atoms with Gasteiger partial charge >= 0.3 is 0 Å². The van der Waals surface area contributed by atoms with Gasteiger partial charge in [-0.3, -0.25) is 4.39 Å². The van der Waals surface area contributed by atoms with Crippen molar-refractivity contribution in [2.45, 2.75) is 149 Å². The van der Waals surface area contributed by atoms with Crippen molar-refractivity contribution in [2.75, 3.05) is 6.67 Å². The van der Waals surface area contributed by atoms with Crippen LogP contribution in [0.25, 0.3) is 0 Å². The number of alkyl halides is 1. The molecule has 0 nitrogen and oxygen atoms in total. The number of rotatable bonds is 5. The van der Waals surface area contributed by atoms with Gasteiger partial charge in [-0.25, -0.2) is 0 Å². The molecule has 0 aromatic carbocycles. The van der Waals surface area contributed by atoms with Gasteiger partial charge in [0.05, 0.1) is 6.67 Å². The Morgan fingerprint density at radius 1 is 0.679 bits per heavy atom. The molecule has 1 aliphatic rings. The first-order valence-corrected chi connectivity index (χ1v) is 12.8. The fourth-order valence-electron chi connectivity index (χ4n) is 1.92. The number of unbranched alkanes of at least 4 members (excludes halogenated alkanes) is 1. The summed E-state index contributed by atoms with van der Waals surface area (Å²) in [6, 6.07) is 0. The van der Waals surface area contributed by atoms with Crippen molar-refractivity contribution in [2.24, 2.45) is 23.7 Å². The zero-order chi connectivity index (χ0) is 24.0. The van der Waals surface area contributed by atoms with Crippen molar-refractivity contribution in [3.05, 3.63) is 0 Å². The van der Waals surface area contributed by atoms with Crippen LogP contribution in [-0.2, 0) is 0 Å². The van der Waals surface area contributed by atoms with E-state index in [1.54, 1.807) is 6.92 Å². The lowest BCUT2D eigenvalue weighted by Crippen LogP contribution is -2.16. The first-order valence-electron chi connectivity index (χ1n) is 12.8. The Balaban J connectivity index is -0.0000000535. The maximum absolute atomic E-state index is 10.7. The van der Waals surface area contributed by atoms with Crippen LogP contribution in [0.4, 0.5) is 4.39 Å². The third-order valence-electron chi connectivity index (χ3n) is 3.75. The van der Waals surface area contributed by atoms with E-state index in [2.05, 4.69) is 55.4 Å². The van der Waals surface area contributed by atoms with Gasteiger partial charge in [0.25, 0.3) is 0 Å². The van der Waals surface area contributed by atoms with Gasteiger partial charge in [-0.2, -0.15) is 0 Å². The summed E-state index contributed by atoms with van der Waals surface area (Å²) in [4.78, 5) is 0. The van der Waals surface area contributed by atoms with E-state index in [0.717, 1.165) is 23.7 Å². The summed E-state index contributed by atoms with van der Waals surface area (Å²) < 4.78 is 10.7. The molecule has 0 amide bonds. The second-order valence-electron chi connectivity index (χ2n) is 7.71. The molecule has 0 bridgehead atoms. The predicted molar refractivity (Wildman–Crippen MR) is 137 cm³/mol. The highest BCUT2D eigenvalue weighted by atomic mass is 19.1. The normalized spacial score (nSPS) is 15.6. The smallest absolute Gasteiger partial charge is 0.0891 e. The Morgan fingerprint density at radius 3 is 1.00 bits per heavy atom. The molecule has 0 atom stereocenters. The summed E-state index contributed by atoms with van der Waals surface area (Å²) in [5, 5.41) is 0. The minimum Gasteiger partial charge on any atom is -0.251 e. The van der Waals surface area contributed by atoms with Crippen LogP contribution in [0.2, 0.25) is 0 Å². The molecular formula is C27H65F. The molecule has 1 saturated carbocycles. The molecule has 0 unspecified atom stereocenters. The quantitative estimate of drug-likeness (QED) is 0.424. The van der Waals surface area contributed by atoms with Crippen LogP contribution in [0.15, 0.2) is 0 Å². The fraction of sp³-hybridized carbons (Fsp3) is 1.00. The lowest BCUT2D eigenvalue weighted by Gasteiger charge is -2.28. The lowest BCUT2D eigenvalue weighted by atomic mass is 9.78. The molecule has 0 aliphatic heterocycles. The zero-order valence-corrected chi connectivity index (χ0v) is 23.3. The Morgan fingerprint density at radius 2 is 0.964 bits per heavy atom. The van der Waals surface area contributed by atoms with E-state index in [-0.39, 0.29) is 6.67 Å². The zero-order valence-electron chi connectivity index (χ0n) is 23.3. The second-order valence-corrected chi connectivity index (χ2v) is 7.71. The van der Waals surface area contributed by atoms with E-state index in [1.165, 1.54) is 38.5 Å². The second kappa shape index (κ2) is 45.6. The number of halogens is 1. The third kappa shape index (κ3) is 72.3. The molecule has 28 heavy (non-hydrogen) atoms. The number of hydrogen-bond acceptors (Lipinski definition) is 0. The van der Waals surface area contributed by atoms with E-state index < -0.39 is 0 Å². The number of hydrogen-bond donors (Lipinski definition) is 0. The Kier molecular flexibility index (Phi) is 68.6. The minimum absolute atomic E-state index is 0.181. The topological polar surface area (TPSA) is 0 Å². The molecular weight excluding hydrogens is 343 g/mol. The maximum atomic E-state index is 10.7. The van der Waals surface area contributed by atoms with Crippen molar-refractivity contribution < 1.29 is 4.39 Å². The largest absolute Gasteiger partial charge is 0.251 e. The summed E-state index contributed by atoms with van der Waals surface area (Å²) in [6.07, 6.45) is 9.05. The molecule has 1 aliphatic carbocycles. The molecule has 0 radical (unpaired) electrons. The summed E-state index contributed by atoms with van der Waals surface area (Å²) in [5.74, 6) is 3.87. The van der Waals surface area contributed by atoms with Crippen LogP contribution in [0.3, 0.4) is 0 Å². The molecule has 0 spiro atoms. The molecule has 0 heterocycles. The molecule has 0 aromatic heterocycles. The summed E-state index contributed by atoms with van der Waals surface area (Å²) in [7, 11) is 0. The highest BCUT2D eigenvalue weighted by molar-refractivity contribution is 4.71. The Labute approximate surface area is 183 Å². The van der Waals surface area contributed by atoms with Gasteiger partial charge in [0.1, 0.15) is 0 Å². The Bertz CT molecular complexity index is 161. The van der Waals surface area contributed by atoms with Gasteiger partial charge in [-0.1, -0.05) is 130 Å². The van der Waals surface area contributed by atoms with Gasteiger partial charge in [-0.15, -0.1) is 0 Å². The van der Waals surface area contributed by atoms with Crippen LogP contribution in [0, 0.1) is 23.7 Å². The maximum Gasteiger partial charge on any atom is 0.0891 e. The van der Waals surface area contributed by atoms with Crippen LogP contribution in [0.5, 0.6) is 0 Å². The predicted octanol–water partition coefficient (Wildman–Crippen LogP) is 11.4.